The Hall–Kier alpha value is -2.94. The number of ether oxygens (including phenoxy) is 1. The van der Waals surface area contributed by atoms with Crippen molar-refractivity contribution < 1.29 is 27.8 Å². The summed E-state index contributed by atoms with van der Waals surface area (Å²) in [6, 6.07) is 11.5. The normalized spacial score (nSPS) is 15.0. The summed E-state index contributed by atoms with van der Waals surface area (Å²) in [5.74, 6) is 0.584. The van der Waals surface area contributed by atoms with E-state index in [0.29, 0.717) is 11.4 Å². The van der Waals surface area contributed by atoms with Crippen LogP contribution >= 0.6 is 0 Å². The highest BCUT2D eigenvalue weighted by atomic mass is 19.4. The van der Waals surface area contributed by atoms with Crippen molar-refractivity contribution in [3.05, 3.63) is 54.1 Å². The molecule has 0 saturated carbocycles. The third-order valence-electron chi connectivity index (χ3n) is 4.70. The number of hydrogen-bond donors (Lipinski definition) is 3. The number of rotatable bonds is 7. The number of benzene rings is 2. The lowest BCUT2D eigenvalue weighted by atomic mass is 10.1. The summed E-state index contributed by atoms with van der Waals surface area (Å²) in [5.41, 5.74) is -0.208. The van der Waals surface area contributed by atoms with Crippen molar-refractivity contribution in [1.82, 2.24) is 5.32 Å². The lowest BCUT2D eigenvalue weighted by molar-refractivity contribution is -0.137. The van der Waals surface area contributed by atoms with Crippen LogP contribution in [0.1, 0.15) is 18.4 Å². The van der Waals surface area contributed by atoms with Crippen LogP contribution in [0, 0.1) is 0 Å². The van der Waals surface area contributed by atoms with Crippen LogP contribution in [0.15, 0.2) is 48.5 Å². The molecule has 1 heterocycles. The van der Waals surface area contributed by atoms with Gasteiger partial charge in [0.05, 0.1) is 16.9 Å². The molecule has 1 aliphatic rings. The number of carbonyl (C=O) groups is 1. The van der Waals surface area contributed by atoms with Gasteiger partial charge in [0.15, 0.2) is 0 Å². The molecule has 1 atom stereocenters. The van der Waals surface area contributed by atoms with E-state index in [1.165, 1.54) is 6.07 Å². The summed E-state index contributed by atoms with van der Waals surface area (Å²) in [5, 5.41) is 14.9. The van der Waals surface area contributed by atoms with Gasteiger partial charge in [-0.1, -0.05) is 18.2 Å². The van der Waals surface area contributed by atoms with Crippen molar-refractivity contribution in [2.24, 2.45) is 0 Å². The highest BCUT2D eigenvalue weighted by Gasteiger charge is 2.32. The number of alkyl halides is 3. The number of para-hydroxylation sites is 1. The molecule has 2 aromatic carbocycles. The Kier molecular flexibility index (Phi) is 7.04. The van der Waals surface area contributed by atoms with E-state index in [2.05, 4.69) is 10.6 Å². The average molecular weight is 423 g/mol. The highest BCUT2D eigenvalue weighted by Crippen LogP contribution is 2.36. The number of carbonyl (C=O) groups excluding carboxylic acids is 1. The summed E-state index contributed by atoms with van der Waals surface area (Å²) in [7, 11) is 0. The number of nitrogens with zero attached hydrogens (tertiary/aromatic N) is 1. The van der Waals surface area contributed by atoms with Crippen molar-refractivity contribution in [3.8, 4) is 5.75 Å². The molecule has 0 unspecified atom stereocenters. The minimum atomic E-state index is -4.51. The van der Waals surface area contributed by atoms with Crippen LogP contribution in [0.3, 0.4) is 0 Å². The molecule has 0 bridgehead atoms. The summed E-state index contributed by atoms with van der Waals surface area (Å²) in [6.07, 6.45) is -3.60. The van der Waals surface area contributed by atoms with E-state index in [1.807, 2.05) is 11.0 Å². The first-order valence-electron chi connectivity index (χ1n) is 9.70. The van der Waals surface area contributed by atoms with E-state index < -0.39 is 23.9 Å². The van der Waals surface area contributed by atoms with Gasteiger partial charge in [0, 0.05) is 19.6 Å². The largest absolute Gasteiger partial charge is 0.491 e. The van der Waals surface area contributed by atoms with Gasteiger partial charge in [0.2, 0.25) is 0 Å². The standard InChI is InChI=1S/C21H24F3N3O3/c22-21(23,24)15-8-9-19(27-10-4-5-11-27)18(12-15)26-20(29)25-13-16(28)14-30-17-6-2-1-3-7-17/h1-3,6-9,12,16,28H,4-5,10-11,13-14H2,(H2,25,26,29)/t16-/m0/s1. The monoisotopic (exact) mass is 423 g/mol. The van der Waals surface area contributed by atoms with Crippen LogP contribution in [-0.2, 0) is 6.18 Å². The third-order valence-corrected chi connectivity index (χ3v) is 4.70. The second kappa shape index (κ2) is 9.71. The Morgan fingerprint density at radius 2 is 1.83 bits per heavy atom. The number of hydrogen-bond acceptors (Lipinski definition) is 4. The predicted octanol–water partition coefficient (Wildman–Crippen LogP) is 3.87. The smallest absolute Gasteiger partial charge is 0.416 e. The van der Waals surface area contributed by atoms with Gasteiger partial charge in [-0.05, 0) is 43.2 Å². The molecule has 0 aliphatic carbocycles. The molecule has 9 heteroatoms. The lowest BCUT2D eigenvalue weighted by Crippen LogP contribution is -2.38. The van der Waals surface area contributed by atoms with Gasteiger partial charge in [-0.25, -0.2) is 4.79 Å². The van der Waals surface area contributed by atoms with Crippen LogP contribution in [0.2, 0.25) is 0 Å². The molecule has 3 rings (SSSR count). The zero-order chi connectivity index (χ0) is 21.6. The van der Waals surface area contributed by atoms with E-state index in [9.17, 15) is 23.1 Å². The number of halogens is 3. The first kappa shape index (κ1) is 21.8. The second-order valence-electron chi connectivity index (χ2n) is 7.04. The van der Waals surface area contributed by atoms with Gasteiger partial charge >= 0.3 is 12.2 Å². The van der Waals surface area contributed by atoms with Gasteiger partial charge in [0.25, 0.3) is 0 Å². The highest BCUT2D eigenvalue weighted by molar-refractivity contribution is 5.93. The van der Waals surface area contributed by atoms with Crippen LogP contribution in [-0.4, -0.2) is 43.5 Å². The maximum Gasteiger partial charge on any atom is 0.416 e. The molecule has 0 aromatic heterocycles. The Bertz CT molecular complexity index is 840. The quantitative estimate of drug-likeness (QED) is 0.632. The SMILES string of the molecule is O=C(NC[C@H](O)COc1ccccc1)Nc1cc(C(F)(F)F)ccc1N1CCCC1. The molecule has 2 amide bonds. The van der Waals surface area contributed by atoms with Gasteiger partial charge in [0.1, 0.15) is 18.5 Å². The maximum absolute atomic E-state index is 13.1. The summed E-state index contributed by atoms with van der Waals surface area (Å²) < 4.78 is 44.7. The first-order chi connectivity index (χ1) is 14.3. The van der Waals surface area contributed by atoms with E-state index in [-0.39, 0.29) is 18.8 Å². The third kappa shape index (κ3) is 6.03. The predicted molar refractivity (Wildman–Crippen MR) is 108 cm³/mol. The molecule has 0 spiro atoms. The molecule has 30 heavy (non-hydrogen) atoms. The number of nitrogens with one attached hydrogen (secondary N) is 2. The topological polar surface area (TPSA) is 73.8 Å². The van der Waals surface area contributed by atoms with Crippen molar-refractivity contribution in [3.63, 3.8) is 0 Å². The molecule has 162 valence electrons. The molecular weight excluding hydrogens is 399 g/mol. The van der Waals surface area contributed by atoms with Gasteiger partial charge in [-0.3, -0.25) is 0 Å². The maximum atomic E-state index is 13.1. The van der Waals surface area contributed by atoms with Crippen LogP contribution in [0.4, 0.5) is 29.3 Å². The zero-order valence-electron chi connectivity index (χ0n) is 16.3. The van der Waals surface area contributed by atoms with Crippen LogP contribution in [0.25, 0.3) is 0 Å². The summed E-state index contributed by atoms with van der Waals surface area (Å²) >= 11 is 0. The van der Waals surface area contributed by atoms with Gasteiger partial charge < -0.3 is 25.4 Å². The Balaban J connectivity index is 1.59. The van der Waals surface area contributed by atoms with Crippen molar-refractivity contribution in [2.75, 3.05) is 36.5 Å². The molecule has 1 aliphatic heterocycles. The number of anilines is 2. The molecular formula is C21H24F3N3O3. The molecule has 0 radical (unpaired) electrons. The fourth-order valence-electron chi connectivity index (χ4n) is 3.19. The molecule has 1 fully saturated rings. The lowest BCUT2D eigenvalue weighted by Gasteiger charge is -2.23. The number of aliphatic hydroxyl groups excluding tert-OH is 1. The van der Waals surface area contributed by atoms with Crippen molar-refractivity contribution in [2.45, 2.75) is 25.1 Å². The van der Waals surface area contributed by atoms with Crippen molar-refractivity contribution >= 4 is 17.4 Å². The van der Waals surface area contributed by atoms with E-state index >= 15 is 0 Å². The van der Waals surface area contributed by atoms with Crippen molar-refractivity contribution in [1.29, 1.82) is 0 Å². The minimum Gasteiger partial charge on any atom is -0.491 e. The summed E-state index contributed by atoms with van der Waals surface area (Å²) in [6.45, 7) is 1.29. The van der Waals surface area contributed by atoms with Gasteiger partial charge in [-0.2, -0.15) is 13.2 Å². The Labute approximate surface area is 172 Å². The zero-order valence-corrected chi connectivity index (χ0v) is 16.3. The van der Waals surface area contributed by atoms with Crippen LogP contribution in [0.5, 0.6) is 5.75 Å². The van der Waals surface area contributed by atoms with Gasteiger partial charge in [-0.15, -0.1) is 0 Å². The fraction of sp³-hybridized carbons (Fsp3) is 0.381. The van der Waals surface area contributed by atoms with E-state index in [0.717, 1.165) is 38.1 Å². The molecule has 2 aromatic rings. The molecule has 6 nitrogen and oxygen atoms in total. The first-order valence-corrected chi connectivity index (χ1v) is 9.70. The Morgan fingerprint density at radius 3 is 2.50 bits per heavy atom. The number of aliphatic hydroxyl groups is 1. The fourth-order valence-corrected chi connectivity index (χ4v) is 3.19. The average Bonchev–Trinajstić information content (AvgIpc) is 3.25. The Morgan fingerprint density at radius 1 is 1.13 bits per heavy atom. The molecule has 3 N–H and O–H groups in total. The molecule has 1 saturated heterocycles. The van der Waals surface area contributed by atoms with Crippen LogP contribution < -0.4 is 20.3 Å². The minimum absolute atomic E-state index is 0.0348. The second-order valence-corrected chi connectivity index (χ2v) is 7.04. The number of amides is 2. The van der Waals surface area contributed by atoms with E-state index in [4.69, 9.17) is 4.74 Å². The summed E-state index contributed by atoms with van der Waals surface area (Å²) in [4.78, 5) is 14.2. The number of urea groups is 1. The van der Waals surface area contributed by atoms with E-state index in [1.54, 1.807) is 24.3 Å².